The molecule has 2 aromatic carbocycles. The standard InChI is InChI=1S/C25H25N5O5/c31-24-18-4-1-2-5-19(18)25(32)23-22(24)26-30(33)29(23)9-3-8-27-10-12-28(13-11-27)15-17-6-7-20-21(14-17)35-16-34-20/h1-2,4-7,14H,3,8-13,15-16H2. The van der Waals surface area contributed by atoms with E-state index in [2.05, 4.69) is 21.0 Å². The number of fused-ring (bicyclic) bond motifs is 3. The minimum atomic E-state index is -0.378. The fraction of sp³-hybridized carbons (Fsp3) is 0.360. The molecule has 1 fully saturated rings. The number of rotatable bonds is 6. The molecule has 10 heteroatoms. The molecule has 0 unspecified atom stereocenters. The third-order valence-electron chi connectivity index (χ3n) is 6.87. The van der Waals surface area contributed by atoms with Crippen molar-refractivity contribution in [1.29, 1.82) is 0 Å². The van der Waals surface area contributed by atoms with Gasteiger partial charge in [-0.2, -0.15) is 0 Å². The van der Waals surface area contributed by atoms with Gasteiger partial charge in [0.1, 0.15) is 0 Å². The number of hydrogen-bond acceptors (Lipinski definition) is 8. The van der Waals surface area contributed by atoms with Gasteiger partial charge in [-0.15, -0.1) is 4.68 Å². The normalized spacial score (nSPS) is 17.5. The van der Waals surface area contributed by atoms with Gasteiger partial charge in [0.2, 0.25) is 24.1 Å². The quantitative estimate of drug-likeness (QED) is 0.303. The maximum absolute atomic E-state index is 13.0. The lowest BCUT2D eigenvalue weighted by Gasteiger charge is -2.34. The van der Waals surface area contributed by atoms with Gasteiger partial charge >= 0.3 is 0 Å². The van der Waals surface area contributed by atoms with Gasteiger partial charge in [-0.3, -0.25) is 14.5 Å². The van der Waals surface area contributed by atoms with Crippen molar-refractivity contribution < 1.29 is 24.0 Å². The van der Waals surface area contributed by atoms with Crippen LogP contribution in [0, 0.1) is 5.21 Å². The monoisotopic (exact) mass is 475 g/mol. The zero-order chi connectivity index (χ0) is 23.9. The van der Waals surface area contributed by atoms with Crippen molar-refractivity contribution >= 4 is 11.6 Å². The second-order valence-corrected chi connectivity index (χ2v) is 9.04. The fourth-order valence-corrected chi connectivity index (χ4v) is 5.02. The molecule has 6 rings (SSSR count). The van der Waals surface area contributed by atoms with Gasteiger partial charge in [0.25, 0.3) is 0 Å². The van der Waals surface area contributed by atoms with Crippen molar-refractivity contribution in [2.75, 3.05) is 39.5 Å². The largest absolute Gasteiger partial charge is 0.571 e. The molecular formula is C25H25N5O5. The molecular weight excluding hydrogens is 450 g/mol. The van der Waals surface area contributed by atoms with Gasteiger partial charge in [-0.25, -0.2) is 0 Å². The summed E-state index contributed by atoms with van der Waals surface area (Å²) in [7, 11) is 0. The summed E-state index contributed by atoms with van der Waals surface area (Å²) in [5.74, 6) is 0.904. The number of aromatic nitrogens is 3. The first-order valence-corrected chi connectivity index (χ1v) is 11.8. The Morgan fingerprint density at radius 2 is 1.60 bits per heavy atom. The van der Waals surface area contributed by atoms with Crippen LogP contribution in [0.15, 0.2) is 42.5 Å². The molecule has 1 saturated heterocycles. The van der Waals surface area contributed by atoms with Crippen LogP contribution < -0.4 is 14.4 Å². The van der Waals surface area contributed by atoms with Crippen LogP contribution in [0.2, 0.25) is 0 Å². The Balaban J connectivity index is 1.04. The average Bonchev–Trinajstić information content (AvgIpc) is 3.48. The van der Waals surface area contributed by atoms with Crippen molar-refractivity contribution in [3.63, 3.8) is 0 Å². The summed E-state index contributed by atoms with van der Waals surface area (Å²) < 4.78 is 12.1. The topological polar surface area (TPSA) is 104 Å². The van der Waals surface area contributed by atoms with E-state index in [1.54, 1.807) is 24.3 Å². The molecule has 0 atom stereocenters. The van der Waals surface area contributed by atoms with E-state index in [0.29, 0.717) is 29.1 Å². The van der Waals surface area contributed by atoms with E-state index in [-0.39, 0.29) is 29.7 Å². The van der Waals surface area contributed by atoms with E-state index in [9.17, 15) is 14.8 Å². The predicted octanol–water partition coefficient (Wildman–Crippen LogP) is 1.23. The molecule has 3 aliphatic rings. The Morgan fingerprint density at radius 1 is 0.886 bits per heavy atom. The SMILES string of the molecule is O=C1c2ccccc2C(=O)c2c1n[n+]([O-])n2CCCN1CCN(Cc2ccc3c(c2)OCO3)CC1. The molecule has 3 heterocycles. The second-order valence-electron chi connectivity index (χ2n) is 9.04. The Bertz CT molecular complexity index is 1310. The van der Waals surface area contributed by atoms with E-state index in [1.807, 2.05) is 12.1 Å². The molecule has 0 spiro atoms. The van der Waals surface area contributed by atoms with Gasteiger partial charge in [0.05, 0.1) is 6.54 Å². The summed E-state index contributed by atoms with van der Waals surface area (Å²) >= 11 is 0. The fourth-order valence-electron chi connectivity index (χ4n) is 5.02. The maximum atomic E-state index is 13.0. The lowest BCUT2D eigenvalue weighted by Crippen LogP contribution is -2.46. The van der Waals surface area contributed by atoms with Crippen LogP contribution in [0.1, 0.15) is 44.1 Å². The lowest BCUT2D eigenvalue weighted by molar-refractivity contribution is -0.749. The Kier molecular flexibility index (Phi) is 5.46. The molecule has 0 amide bonds. The highest BCUT2D eigenvalue weighted by Crippen LogP contribution is 2.33. The van der Waals surface area contributed by atoms with Gasteiger partial charge in [-0.05, 0) is 24.1 Å². The van der Waals surface area contributed by atoms with Crippen molar-refractivity contribution in [2.24, 2.45) is 0 Å². The summed E-state index contributed by atoms with van der Waals surface area (Å²) in [4.78, 5) is 30.9. The van der Waals surface area contributed by atoms with Gasteiger partial charge in [-0.1, -0.05) is 30.3 Å². The Labute approximate surface area is 201 Å². The van der Waals surface area contributed by atoms with Crippen LogP contribution in [0.25, 0.3) is 0 Å². The van der Waals surface area contributed by atoms with Gasteiger partial charge in [0.15, 0.2) is 17.2 Å². The first kappa shape index (κ1) is 21.8. The van der Waals surface area contributed by atoms with Crippen LogP contribution in [-0.4, -0.2) is 70.7 Å². The molecule has 1 aliphatic carbocycles. The number of carbonyl (C=O) groups is 2. The van der Waals surface area contributed by atoms with Gasteiger partial charge in [0, 0.05) is 60.5 Å². The Hall–Kier alpha value is -3.76. The predicted molar refractivity (Wildman–Crippen MR) is 123 cm³/mol. The molecule has 10 nitrogen and oxygen atoms in total. The third kappa shape index (κ3) is 3.94. The molecule has 0 N–H and O–H groups in total. The van der Waals surface area contributed by atoms with E-state index in [0.717, 1.165) is 50.8 Å². The molecule has 1 aromatic heterocycles. The van der Waals surface area contributed by atoms with E-state index < -0.39 is 0 Å². The first-order chi connectivity index (χ1) is 17.1. The van der Waals surface area contributed by atoms with Crippen LogP contribution in [0.5, 0.6) is 11.5 Å². The number of ether oxygens (including phenoxy) is 2. The number of benzene rings is 2. The number of nitrogens with zero attached hydrogens (tertiary/aromatic N) is 5. The van der Waals surface area contributed by atoms with Crippen LogP contribution in [0.4, 0.5) is 0 Å². The van der Waals surface area contributed by atoms with Crippen LogP contribution in [0.3, 0.4) is 0 Å². The van der Waals surface area contributed by atoms with Crippen molar-refractivity contribution in [3.8, 4) is 11.5 Å². The van der Waals surface area contributed by atoms with E-state index >= 15 is 0 Å². The minimum Gasteiger partial charge on any atom is -0.571 e. The average molecular weight is 476 g/mol. The molecule has 0 saturated carbocycles. The molecule has 35 heavy (non-hydrogen) atoms. The third-order valence-corrected chi connectivity index (χ3v) is 6.87. The highest BCUT2D eigenvalue weighted by atomic mass is 16.7. The van der Waals surface area contributed by atoms with Crippen LogP contribution in [-0.2, 0) is 13.1 Å². The van der Waals surface area contributed by atoms with Crippen molar-refractivity contribution in [2.45, 2.75) is 19.5 Å². The second kappa shape index (κ2) is 8.79. The van der Waals surface area contributed by atoms with Crippen molar-refractivity contribution in [1.82, 2.24) is 19.6 Å². The lowest BCUT2D eigenvalue weighted by atomic mass is 9.90. The van der Waals surface area contributed by atoms with Gasteiger partial charge < -0.3 is 19.6 Å². The summed E-state index contributed by atoms with van der Waals surface area (Å²) in [6.07, 6.45) is 0.677. The highest BCUT2D eigenvalue weighted by Gasteiger charge is 2.39. The highest BCUT2D eigenvalue weighted by molar-refractivity contribution is 6.26. The zero-order valence-corrected chi connectivity index (χ0v) is 19.2. The number of ketones is 2. The van der Waals surface area contributed by atoms with E-state index in [1.165, 1.54) is 10.2 Å². The smallest absolute Gasteiger partial charge is 0.231 e. The minimum absolute atomic E-state index is 0.0548. The summed E-state index contributed by atoms with van der Waals surface area (Å²) in [6, 6.07) is 12.7. The molecule has 0 bridgehead atoms. The molecule has 0 radical (unpaired) electrons. The molecule has 2 aliphatic heterocycles. The summed E-state index contributed by atoms with van der Waals surface area (Å²) in [5.41, 5.74) is 1.87. The van der Waals surface area contributed by atoms with Crippen LogP contribution >= 0.6 is 0 Å². The molecule has 3 aromatic rings. The number of piperazine rings is 1. The van der Waals surface area contributed by atoms with E-state index in [4.69, 9.17) is 9.47 Å². The summed E-state index contributed by atoms with van der Waals surface area (Å²) in [6.45, 7) is 6.00. The number of hydrogen-bond donors (Lipinski definition) is 0. The molecule has 180 valence electrons. The zero-order valence-electron chi connectivity index (χ0n) is 19.2. The maximum Gasteiger partial charge on any atom is 0.231 e. The Morgan fingerprint density at radius 3 is 2.40 bits per heavy atom. The van der Waals surface area contributed by atoms with Crippen molar-refractivity contribution in [3.05, 3.63) is 75.8 Å². The summed E-state index contributed by atoms with van der Waals surface area (Å²) in [5, 5.41) is 16.3. The first-order valence-electron chi connectivity index (χ1n) is 11.8. The number of carbonyl (C=O) groups excluding carboxylic acids is 2.